The van der Waals surface area contributed by atoms with Crippen LogP contribution in [0.2, 0.25) is 0 Å². The molecular weight excluding hydrogens is 113 g/mol. The molecule has 0 aliphatic carbocycles. The van der Waals surface area contributed by atoms with Crippen molar-refractivity contribution in [3.63, 3.8) is 0 Å². The Morgan fingerprint density at radius 1 is 1.67 bits per heavy atom. The maximum absolute atomic E-state index is 9.63. The Hall–Kier alpha value is -0.653. The van der Waals surface area contributed by atoms with Crippen molar-refractivity contribution in [3.05, 3.63) is 18.3 Å². The quantitative estimate of drug-likeness (QED) is 0.436. The number of aromatic amines is 1. The monoisotopic (exact) mass is 119 g/mol. The van der Waals surface area contributed by atoms with Gasteiger partial charge in [-0.3, -0.25) is 4.79 Å². The van der Waals surface area contributed by atoms with E-state index in [0.717, 1.165) is 0 Å². The van der Waals surface area contributed by atoms with Crippen LogP contribution in [0.3, 0.4) is 0 Å². The van der Waals surface area contributed by atoms with Gasteiger partial charge in [-0.1, -0.05) is 0 Å². The predicted octanol–water partition coefficient (Wildman–Crippen LogP) is -0.0986. The number of hydrogen-bond donors (Lipinski definition) is 1. The number of aromatic nitrogens is 1. The zero-order chi connectivity index (χ0) is 5.82. The Kier molecular flexibility index (Phi) is 3.94. The molecule has 1 N–H and O–H groups in total. The first kappa shape index (κ1) is 8.35. The third-order valence-electron chi connectivity index (χ3n) is 0.744. The molecule has 9 heavy (non-hydrogen) atoms. The van der Waals surface area contributed by atoms with Crippen LogP contribution in [0.15, 0.2) is 18.3 Å². The molecule has 0 aliphatic rings. The molecular formula is C5H6LiNO2. The molecule has 4 heteroatoms. The summed E-state index contributed by atoms with van der Waals surface area (Å²) in [5.41, 5.74) is 0. The van der Waals surface area contributed by atoms with E-state index >= 15 is 0 Å². The van der Waals surface area contributed by atoms with Gasteiger partial charge in [0.05, 0.1) is 0 Å². The van der Waals surface area contributed by atoms with E-state index in [1.807, 2.05) is 0 Å². The van der Waals surface area contributed by atoms with E-state index in [1.54, 1.807) is 18.3 Å². The van der Waals surface area contributed by atoms with Gasteiger partial charge in [-0.05, 0) is 6.07 Å². The Bertz CT molecular complexity index is 161. The minimum absolute atomic E-state index is 0. The van der Waals surface area contributed by atoms with Gasteiger partial charge in [0.25, 0.3) is 6.47 Å². The third kappa shape index (κ3) is 2.40. The van der Waals surface area contributed by atoms with Crippen molar-refractivity contribution in [2.24, 2.45) is 0 Å². The van der Waals surface area contributed by atoms with Crippen molar-refractivity contribution < 1.29 is 9.53 Å². The van der Waals surface area contributed by atoms with Crippen LogP contribution in [0, 0.1) is 0 Å². The van der Waals surface area contributed by atoms with Crippen LogP contribution in [0.4, 0.5) is 0 Å². The summed E-state index contributed by atoms with van der Waals surface area (Å²) in [5, 5.41) is 0. The predicted molar refractivity (Wildman–Crippen MR) is 34.6 cm³/mol. The van der Waals surface area contributed by atoms with Crippen molar-refractivity contribution in [3.8, 4) is 5.88 Å². The molecule has 0 saturated heterocycles. The molecule has 0 bridgehead atoms. The van der Waals surface area contributed by atoms with Crippen LogP contribution in [0.25, 0.3) is 0 Å². The summed E-state index contributed by atoms with van der Waals surface area (Å²) in [5.74, 6) is 0.472. The van der Waals surface area contributed by atoms with E-state index in [2.05, 4.69) is 9.72 Å². The fourth-order valence-corrected chi connectivity index (χ4v) is 0.439. The van der Waals surface area contributed by atoms with Crippen molar-refractivity contribution >= 4 is 25.3 Å². The number of rotatable bonds is 2. The molecule has 1 heterocycles. The van der Waals surface area contributed by atoms with Crippen molar-refractivity contribution in [1.82, 2.24) is 4.98 Å². The minimum atomic E-state index is 0. The molecule has 0 fully saturated rings. The van der Waals surface area contributed by atoms with E-state index in [-0.39, 0.29) is 18.9 Å². The van der Waals surface area contributed by atoms with E-state index in [9.17, 15) is 4.79 Å². The Morgan fingerprint density at radius 3 is 2.89 bits per heavy atom. The molecule has 0 saturated carbocycles. The molecule has 44 valence electrons. The maximum atomic E-state index is 9.63. The summed E-state index contributed by atoms with van der Waals surface area (Å²) in [6.45, 7) is 0.381. The molecule has 1 rings (SSSR count). The zero-order valence-electron chi connectivity index (χ0n) is 4.13. The number of carbonyl (C=O) groups is 1. The summed E-state index contributed by atoms with van der Waals surface area (Å²) in [6, 6.07) is 3.41. The van der Waals surface area contributed by atoms with Gasteiger partial charge in [0.1, 0.15) is 0 Å². The van der Waals surface area contributed by atoms with E-state index in [4.69, 9.17) is 0 Å². The zero-order valence-corrected chi connectivity index (χ0v) is 4.13. The Morgan fingerprint density at radius 2 is 2.44 bits per heavy atom. The summed E-state index contributed by atoms with van der Waals surface area (Å²) < 4.78 is 4.41. The molecule has 3 nitrogen and oxygen atoms in total. The molecule has 0 atom stereocenters. The van der Waals surface area contributed by atoms with Crippen LogP contribution >= 0.6 is 0 Å². The summed E-state index contributed by atoms with van der Waals surface area (Å²) >= 11 is 0. The first-order chi connectivity index (χ1) is 3.93. The van der Waals surface area contributed by atoms with E-state index in [1.165, 1.54) is 0 Å². The van der Waals surface area contributed by atoms with Gasteiger partial charge in [0.15, 0.2) is 0 Å². The van der Waals surface area contributed by atoms with Crippen LogP contribution < -0.4 is 4.74 Å². The standard InChI is InChI=1S/C5H5NO2.Li.H/c7-4-8-5-2-1-3-6-5;;/h1-4,6H;;. The van der Waals surface area contributed by atoms with Gasteiger partial charge in [0.2, 0.25) is 5.88 Å². The fourth-order valence-electron chi connectivity index (χ4n) is 0.439. The first-order valence-electron chi connectivity index (χ1n) is 2.17. The van der Waals surface area contributed by atoms with E-state index < -0.39 is 0 Å². The SMILES string of the molecule is O=COc1ccc[nH]1.[LiH]. The van der Waals surface area contributed by atoms with Crippen LogP contribution in [0.5, 0.6) is 5.88 Å². The van der Waals surface area contributed by atoms with Gasteiger partial charge in [-0.2, -0.15) is 0 Å². The molecule has 1 aromatic heterocycles. The molecule has 0 amide bonds. The van der Waals surface area contributed by atoms with Crippen molar-refractivity contribution in [2.45, 2.75) is 0 Å². The normalized spacial score (nSPS) is 7.56. The van der Waals surface area contributed by atoms with Crippen molar-refractivity contribution in [2.75, 3.05) is 0 Å². The van der Waals surface area contributed by atoms with Crippen LogP contribution in [-0.4, -0.2) is 30.3 Å². The van der Waals surface area contributed by atoms with Crippen molar-refractivity contribution in [1.29, 1.82) is 0 Å². The fraction of sp³-hybridized carbons (Fsp3) is 0. The van der Waals surface area contributed by atoms with Crippen LogP contribution in [-0.2, 0) is 4.79 Å². The molecule has 0 unspecified atom stereocenters. The van der Waals surface area contributed by atoms with Gasteiger partial charge in [-0.15, -0.1) is 0 Å². The first-order valence-corrected chi connectivity index (χ1v) is 2.17. The molecule has 0 aromatic carbocycles. The molecule has 0 aliphatic heterocycles. The third-order valence-corrected chi connectivity index (χ3v) is 0.744. The topological polar surface area (TPSA) is 42.1 Å². The number of H-pyrrole nitrogens is 1. The average Bonchev–Trinajstić information content (AvgIpc) is 2.19. The second-order valence-corrected chi connectivity index (χ2v) is 1.25. The molecule has 0 spiro atoms. The van der Waals surface area contributed by atoms with Gasteiger partial charge >= 0.3 is 18.9 Å². The number of ether oxygens (including phenoxy) is 1. The summed E-state index contributed by atoms with van der Waals surface area (Å²) in [7, 11) is 0. The number of carbonyl (C=O) groups excluding carboxylic acids is 1. The van der Waals surface area contributed by atoms with Gasteiger partial charge in [-0.25, -0.2) is 0 Å². The Balaban J connectivity index is 0.000000640. The van der Waals surface area contributed by atoms with Gasteiger partial charge < -0.3 is 9.72 Å². The van der Waals surface area contributed by atoms with Crippen LogP contribution in [0.1, 0.15) is 0 Å². The molecule has 0 radical (unpaired) electrons. The van der Waals surface area contributed by atoms with Gasteiger partial charge in [0, 0.05) is 12.3 Å². The van der Waals surface area contributed by atoms with E-state index in [0.29, 0.717) is 12.4 Å². The molecule has 1 aromatic rings. The second kappa shape index (κ2) is 4.25. The Labute approximate surface area is 64.6 Å². The average molecular weight is 119 g/mol. The second-order valence-electron chi connectivity index (χ2n) is 1.25. The summed E-state index contributed by atoms with van der Waals surface area (Å²) in [6.07, 6.45) is 1.68. The summed E-state index contributed by atoms with van der Waals surface area (Å²) in [4.78, 5) is 12.3. The number of hydrogen-bond acceptors (Lipinski definition) is 2. The number of nitrogens with one attached hydrogen (secondary N) is 1.